The number of carbonyl (C=O) groups excluding carboxylic acids is 1. The lowest BCUT2D eigenvalue weighted by Crippen LogP contribution is -1.95. The Morgan fingerprint density at radius 1 is 1.50 bits per heavy atom. The van der Waals surface area contributed by atoms with Crippen molar-refractivity contribution in [1.82, 2.24) is 0 Å². The van der Waals surface area contributed by atoms with Crippen LogP contribution in [0, 0.1) is 0 Å². The molecule has 0 saturated carbocycles. The summed E-state index contributed by atoms with van der Waals surface area (Å²) < 4.78 is 8.97. The monoisotopic (exact) mass is 170 g/mol. The molecule has 0 aliphatic rings. The van der Waals surface area contributed by atoms with Gasteiger partial charge in [0.15, 0.2) is 0 Å². The predicted molar refractivity (Wildman–Crippen MR) is 42.9 cm³/mol. The van der Waals surface area contributed by atoms with Gasteiger partial charge in [0, 0.05) is 0 Å². The predicted octanol–water partition coefficient (Wildman–Crippen LogP) is 1.62. The highest BCUT2D eigenvalue weighted by Crippen LogP contribution is 1.89. The van der Waals surface area contributed by atoms with E-state index in [0.717, 1.165) is 18.8 Å². The van der Waals surface area contributed by atoms with E-state index in [0.29, 0.717) is 0 Å². The van der Waals surface area contributed by atoms with Crippen molar-refractivity contribution in [3.8, 4) is 0 Å². The largest absolute Gasteiger partial charge is 0.512 e. The summed E-state index contributed by atoms with van der Waals surface area (Å²) >= 11 is 0. The normalized spacial score (nSPS) is 10.3. The summed E-state index contributed by atoms with van der Waals surface area (Å²) in [6, 6.07) is 0. The minimum Gasteiger partial charge on any atom is -0.512 e. The molecule has 0 spiro atoms. The van der Waals surface area contributed by atoms with Gasteiger partial charge < -0.3 is 14.6 Å². The van der Waals surface area contributed by atoms with Gasteiger partial charge >= 0.3 is 5.97 Å². The fraction of sp³-hybridized carbons (Fsp3) is 0.125. The summed E-state index contributed by atoms with van der Waals surface area (Å²) in [5, 5.41) is 8.11. The van der Waals surface area contributed by atoms with Gasteiger partial charge in [-0.15, -0.1) is 0 Å². The maximum atomic E-state index is 10.6. The summed E-state index contributed by atoms with van der Waals surface area (Å²) in [4.78, 5) is 10.6. The molecule has 0 heterocycles. The number of carbonyl (C=O) groups is 1. The number of esters is 1. The first kappa shape index (κ1) is 10.3. The van der Waals surface area contributed by atoms with Gasteiger partial charge in [-0.2, -0.15) is 0 Å². The van der Waals surface area contributed by atoms with E-state index in [1.165, 1.54) is 12.3 Å². The molecular weight excluding hydrogens is 160 g/mol. The molecule has 4 heteroatoms. The number of aliphatic hydroxyl groups is 1. The van der Waals surface area contributed by atoms with E-state index in [1.807, 2.05) is 0 Å². The molecule has 1 N–H and O–H groups in total. The molecule has 0 aromatic rings. The highest BCUT2D eigenvalue weighted by molar-refractivity contribution is 5.71. The van der Waals surface area contributed by atoms with E-state index in [2.05, 4.69) is 16.1 Å². The molecule has 0 fully saturated rings. The molecule has 0 aromatic heterocycles. The molecule has 0 aliphatic carbocycles. The molecule has 0 bridgehead atoms. The molecule has 0 rings (SSSR count). The Morgan fingerprint density at radius 2 is 2.25 bits per heavy atom. The Hall–Kier alpha value is -1.71. The van der Waals surface area contributed by atoms with Crippen LogP contribution in [0.25, 0.3) is 0 Å². The van der Waals surface area contributed by atoms with Crippen molar-refractivity contribution in [2.45, 2.75) is 6.42 Å². The molecule has 4 nitrogen and oxygen atoms in total. The van der Waals surface area contributed by atoms with Crippen LogP contribution >= 0.6 is 0 Å². The van der Waals surface area contributed by atoms with Crippen molar-refractivity contribution in [1.29, 1.82) is 0 Å². The highest BCUT2D eigenvalue weighted by Gasteiger charge is 1.94. The van der Waals surface area contributed by atoms with E-state index in [4.69, 9.17) is 5.11 Å². The molecule has 66 valence electrons. The molecule has 0 saturated heterocycles. The second kappa shape index (κ2) is 7.40. The number of hydrogen-bond acceptors (Lipinski definition) is 4. The van der Waals surface area contributed by atoms with Crippen molar-refractivity contribution in [2.75, 3.05) is 0 Å². The second-order valence-corrected chi connectivity index (χ2v) is 1.65. The zero-order valence-electron chi connectivity index (χ0n) is 6.47. The van der Waals surface area contributed by atoms with Gasteiger partial charge in [-0.05, 0) is 6.08 Å². The van der Waals surface area contributed by atoms with Gasteiger partial charge in [0.05, 0.1) is 18.9 Å². The van der Waals surface area contributed by atoms with Gasteiger partial charge in [-0.25, -0.2) is 0 Å². The van der Waals surface area contributed by atoms with E-state index < -0.39 is 5.97 Å². The van der Waals surface area contributed by atoms with Gasteiger partial charge in [0.1, 0.15) is 12.5 Å². The average Bonchev–Trinajstić information content (AvgIpc) is 2.05. The number of rotatable bonds is 5. The minimum atomic E-state index is -0.419. The summed E-state index contributed by atoms with van der Waals surface area (Å²) in [6.07, 6.45) is 5.68. The van der Waals surface area contributed by atoms with Gasteiger partial charge in [-0.3, -0.25) is 4.79 Å². The van der Waals surface area contributed by atoms with Crippen LogP contribution in [0.5, 0.6) is 0 Å². The van der Waals surface area contributed by atoms with E-state index in [1.54, 1.807) is 0 Å². The van der Waals surface area contributed by atoms with E-state index in [-0.39, 0.29) is 6.42 Å². The smallest absolute Gasteiger partial charge is 0.314 e. The molecule has 0 atom stereocenters. The fourth-order valence-corrected chi connectivity index (χ4v) is 0.421. The first-order valence-electron chi connectivity index (χ1n) is 3.21. The van der Waals surface area contributed by atoms with Crippen molar-refractivity contribution in [3.05, 3.63) is 37.7 Å². The van der Waals surface area contributed by atoms with Crippen molar-refractivity contribution < 1.29 is 19.4 Å². The molecular formula is C8H10O4. The first-order chi connectivity index (χ1) is 5.81. The van der Waals surface area contributed by atoms with Crippen LogP contribution in [-0.4, -0.2) is 11.1 Å². The van der Waals surface area contributed by atoms with Gasteiger partial charge in [-0.1, -0.05) is 6.58 Å². The summed E-state index contributed by atoms with van der Waals surface area (Å²) in [6.45, 7) is 3.22. The SMILES string of the molecule is C=COC(=O)CC=COC=CO. The Labute approximate surface area is 70.4 Å². The number of ether oxygens (including phenoxy) is 2. The van der Waals surface area contributed by atoms with Crippen molar-refractivity contribution >= 4 is 5.97 Å². The van der Waals surface area contributed by atoms with Crippen molar-refractivity contribution in [2.24, 2.45) is 0 Å². The van der Waals surface area contributed by atoms with Crippen LogP contribution < -0.4 is 0 Å². The third kappa shape index (κ3) is 6.41. The number of aliphatic hydroxyl groups excluding tert-OH is 1. The Kier molecular flexibility index (Phi) is 6.34. The highest BCUT2D eigenvalue weighted by atomic mass is 16.5. The topological polar surface area (TPSA) is 55.8 Å². The quantitative estimate of drug-likeness (QED) is 0.503. The second-order valence-electron chi connectivity index (χ2n) is 1.65. The van der Waals surface area contributed by atoms with Crippen LogP contribution in [0.1, 0.15) is 6.42 Å². The molecule has 0 aromatic carbocycles. The Morgan fingerprint density at radius 3 is 2.83 bits per heavy atom. The third-order valence-corrected chi connectivity index (χ3v) is 0.814. The van der Waals surface area contributed by atoms with E-state index >= 15 is 0 Å². The molecule has 0 unspecified atom stereocenters. The summed E-state index contributed by atoms with van der Waals surface area (Å²) in [5.74, 6) is -0.419. The zero-order chi connectivity index (χ0) is 9.23. The Balaban J connectivity index is 3.46. The molecule has 0 aliphatic heterocycles. The summed E-state index contributed by atoms with van der Waals surface area (Å²) in [5.41, 5.74) is 0. The average molecular weight is 170 g/mol. The Bertz CT molecular complexity index is 193. The number of hydrogen-bond donors (Lipinski definition) is 1. The third-order valence-electron chi connectivity index (χ3n) is 0.814. The first-order valence-corrected chi connectivity index (χ1v) is 3.21. The maximum absolute atomic E-state index is 10.6. The lowest BCUT2D eigenvalue weighted by atomic mass is 10.4. The summed E-state index contributed by atoms with van der Waals surface area (Å²) in [7, 11) is 0. The standard InChI is InChI=1S/C8H10O4/c1-2-12-8(10)4-3-6-11-7-5-9/h2-3,5-7,9H,1,4H2. The van der Waals surface area contributed by atoms with Gasteiger partial charge in [0.2, 0.25) is 0 Å². The maximum Gasteiger partial charge on any atom is 0.314 e. The van der Waals surface area contributed by atoms with Crippen LogP contribution in [0.3, 0.4) is 0 Å². The van der Waals surface area contributed by atoms with Crippen LogP contribution in [0.2, 0.25) is 0 Å². The van der Waals surface area contributed by atoms with Crippen molar-refractivity contribution in [3.63, 3.8) is 0 Å². The van der Waals surface area contributed by atoms with E-state index in [9.17, 15) is 4.79 Å². The molecule has 12 heavy (non-hydrogen) atoms. The van der Waals surface area contributed by atoms with Crippen LogP contribution in [-0.2, 0) is 14.3 Å². The fourth-order valence-electron chi connectivity index (χ4n) is 0.421. The molecule has 0 amide bonds. The lowest BCUT2D eigenvalue weighted by Gasteiger charge is -1.92. The van der Waals surface area contributed by atoms with Gasteiger partial charge in [0.25, 0.3) is 0 Å². The van der Waals surface area contributed by atoms with Crippen LogP contribution in [0.15, 0.2) is 37.7 Å². The van der Waals surface area contributed by atoms with Crippen LogP contribution in [0.4, 0.5) is 0 Å². The minimum absolute atomic E-state index is 0.102. The zero-order valence-corrected chi connectivity index (χ0v) is 6.47. The molecule has 0 radical (unpaired) electrons. The lowest BCUT2D eigenvalue weighted by molar-refractivity contribution is -0.136.